The summed E-state index contributed by atoms with van der Waals surface area (Å²) >= 11 is 0. The van der Waals surface area contributed by atoms with E-state index >= 15 is 0 Å². The molecule has 5 aromatic carbocycles. The molecule has 0 saturated carbocycles. The van der Waals surface area contributed by atoms with Crippen LogP contribution >= 0.6 is 0 Å². The van der Waals surface area contributed by atoms with Crippen LogP contribution in [-0.2, 0) is 32.7 Å². The first kappa shape index (κ1) is 26.1. The second-order valence-corrected chi connectivity index (χ2v) is 9.35. The van der Waals surface area contributed by atoms with Crippen molar-refractivity contribution >= 4 is 10.9 Å². The number of fused-ring (bicyclic) bond motifs is 1. The summed E-state index contributed by atoms with van der Waals surface area (Å²) in [5.74, 6) is 0.636. The van der Waals surface area contributed by atoms with Gasteiger partial charge >= 0.3 is 0 Å². The van der Waals surface area contributed by atoms with Crippen LogP contribution in [0.15, 0.2) is 140 Å². The molecule has 0 amide bonds. The van der Waals surface area contributed by atoms with Crippen molar-refractivity contribution < 1.29 is 32.7 Å². The van der Waals surface area contributed by atoms with Crippen LogP contribution in [0.25, 0.3) is 61.6 Å². The van der Waals surface area contributed by atoms with Gasteiger partial charge in [-0.1, -0.05) is 132 Å². The first-order valence-electron chi connectivity index (χ1n) is 12.9. The maximum absolute atomic E-state index is 4.99. The molecule has 2 aromatic heterocycles. The number of aromatic nitrogens is 3. The van der Waals surface area contributed by atoms with E-state index in [-0.39, 0.29) is 32.7 Å². The minimum absolute atomic E-state index is 0. The van der Waals surface area contributed by atoms with E-state index < -0.39 is 0 Å². The number of benzene rings is 5. The molecule has 1 radical (unpaired) electrons. The molecule has 0 bridgehead atoms. The van der Waals surface area contributed by atoms with Crippen LogP contribution in [0.5, 0.6) is 0 Å². The molecule has 0 aliphatic heterocycles. The fraction of sp³-hybridized carbons (Fsp3) is 0. The Morgan fingerprint density at radius 1 is 0.525 bits per heavy atom. The number of para-hydroxylation sites is 1. The zero-order valence-corrected chi connectivity index (χ0v) is 24.5. The van der Waals surface area contributed by atoms with E-state index in [9.17, 15) is 0 Å². The van der Waals surface area contributed by atoms with Gasteiger partial charge in [0.1, 0.15) is 0 Å². The predicted molar refractivity (Wildman–Crippen MR) is 158 cm³/mol. The van der Waals surface area contributed by atoms with Crippen LogP contribution in [0.2, 0.25) is 0 Å². The first-order valence-corrected chi connectivity index (χ1v) is 12.9. The summed E-state index contributed by atoms with van der Waals surface area (Å²) in [4.78, 5) is 9.97. The van der Waals surface area contributed by atoms with Gasteiger partial charge in [-0.25, -0.2) is 0 Å². The van der Waals surface area contributed by atoms with Crippen molar-refractivity contribution in [3.63, 3.8) is 0 Å². The SMILES string of the molecule is [Y].[c-]1c(-c2nc(-c3ccccc3)cc(-c3ccccc3)n2)cccc1-n1[c-]c(-c2ccccc2)c2ccccc21. The van der Waals surface area contributed by atoms with Crippen molar-refractivity contribution in [2.24, 2.45) is 0 Å². The second-order valence-electron chi connectivity index (χ2n) is 9.35. The molecule has 0 spiro atoms. The van der Waals surface area contributed by atoms with Gasteiger partial charge in [0.05, 0.1) is 17.2 Å². The standard InChI is InChI=1S/C36H23N3.Y/c1-4-13-26(14-5-1)32-25-39(35-22-11-10-21-31(32)35)30-20-12-19-29(23-30)36-37-33(27-15-6-2-7-16-27)24-34(38-36)28-17-8-3-9-18-28;/h1-22,24H;/q-2;. The van der Waals surface area contributed by atoms with Crippen molar-refractivity contribution in [1.29, 1.82) is 0 Å². The van der Waals surface area contributed by atoms with Crippen molar-refractivity contribution in [3.05, 3.63) is 152 Å². The maximum Gasteiger partial charge on any atom is 0.0757 e. The number of nitrogens with zero attached hydrogens (tertiary/aromatic N) is 3. The quantitative estimate of drug-likeness (QED) is 0.189. The summed E-state index contributed by atoms with van der Waals surface area (Å²) in [5.41, 5.74) is 8.85. The average Bonchev–Trinajstić information content (AvgIpc) is 3.42. The molecule has 0 atom stereocenters. The zero-order valence-electron chi connectivity index (χ0n) is 21.7. The Labute approximate surface area is 259 Å². The molecule has 7 rings (SSSR count). The molecular weight excluding hydrogens is 563 g/mol. The Balaban J connectivity index is 0.00000289. The number of rotatable bonds is 5. The van der Waals surface area contributed by atoms with E-state index in [0.717, 1.165) is 55.8 Å². The molecule has 0 aliphatic carbocycles. The molecule has 0 unspecified atom stereocenters. The molecule has 0 saturated heterocycles. The third-order valence-corrected chi connectivity index (χ3v) is 6.83. The topological polar surface area (TPSA) is 30.7 Å². The molecule has 0 aliphatic rings. The van der Waals surface area contributed by atoms with Crippen LogP contribution in [0.3, 0.4) is 0 Å². The average molecular weight is 587 g/mol. The Morgan fingerprint density at radius 3 is 1.70 bits per heavy atom. The summed E-state index contributed by atoms with van der Waals surface area (Å²) in [5, 5.41) is 1.15. The summed E-state index contributed by atoms with van der Waals surface area (Å²) in [6.45, 7) is 0. The number of hydrogen-bond donors (Lipinski definition) is 0. The molecule has 7 aromatic rings. The monoisotopic (exact) mass is 586 g/mol. The molecule has 187 valence electrons. The van der Waals surface area contributed by atoms with E-state index in [1.807, 2.05) is 54.6 Å². The van der Waals surface area contributed by atoms with Crippen molar-refractivity contribution in [3.8, 4) is 50.7 Å². The van der Waals surface area contributed by atoms with Crippen molar-refractivity contribution in [2.75, 3.05) is 0 Å². The summed E-state index contributed by atoms with van der Waals surface area (Å²) in [6, 6.07) is 51.0. The van der Waals surface area contributed by atoms with Gasteiger partial charge in [-0.3, -0.25) is 9.97 Å². The van der Waals surface area contributed by atoms with Gasteiger partial charge in [-0.2, -0.15) is 18.2 Å². The Morgan fingerprint density at radius 2 is 1.07 bits per heavy atom. The molecule has 0 fully saturated rings. The van der Waals surface area contributed by atoms with Crippen molar-refractivity contribution in [2.45, 2.75) is 0 Å². The Bertz CT molecular complexity index is 1840. The van der Waals surface area contributed by atoms with E-state index in [4.69, 9.17) is 9.97 Å². The van der Waals surface area contributed by atoms with E-state index in [2.05, 4.69) is 102 Å². The minimum Gasteiger partial charge on any atom is -0.433 e. The molecular formula is C36H23N3Y-2. The zero-order chi connectivity index (χ0) is 26.0. The third-order valence-electron chi connectivity index (χ3n) is 6.83. The van der Waals surface area contributed by atoms with Crippen LogP contribution in [0.1, 0.15) is 0 Å². The maximum atomic E-state index is 4.99. The van der Waals surface area contributed by atoms with Crippen LogP contribution < -0.4 is 0 Å². The summed E-state index contributed by atoms with van der Waals surface area (Å²) in [6.07, 6.45) is 3.62. The molecule has 40 heavy (non-hydrogen) atoms. The van der Waals surface area contributed by atoms with Gasteiger partial charge in [-0.15, -0.1) is 17.3 Å². The minimum atomic E-state index is 0. The van der Waals surface area contributed by atoms with Crippen molar-refractivity contribution in [1.82, 2.24) is 14.5 Å². The van der Waals surface area contributed by atoms with Crippen LogP contribution in [0.4, 0.5) is 0 Å². The van der Waals surface area contributed by atoms with E-state index in [1.165, 1.54) is 0 Å². The normalized spacial score (nSPS) is 10.8. The molecule has 4 heteroatoms. The molecule has 3 nitrogen and oxygen atoms in total. The number of hydrogen-bond acceptors (Lipinski definition) is 2. The third kappa shape index (κ3) is 5.06. The van der Waals surface area contributed by atoms with Crippen LogP contribution in [-0.4, -0.2) is 14.5 Å². The van der Waals surface area contributed by atoms with Gasteiger partial charge in [0, 0.05) is 32.7 Å². The Hall–Kier alpha value is -4.18. The largest absolute Gasteiger partial charge is 0.433 e. The fourth-order valence-corrected chi connectivity index (χ4v) is 4.93. The first-order chi connectivity index (χ1) is 19.3. The molecule has 2 heterocycles. The summed E-state index contributed by atoms with van der Waals surface area (Å²) in [7, 11) is 0. The van der Waals surface area contributed by atoms with Gasteiger partial charge in [0.15, 0.2) is 0 Å². The summed E-state index contributed by atoms with van der Waals surface area (Å²) < 4.78 is 2.08. The van der Waals surface area contributed by atoms with Crippen LogP contribution in [0, 0.1) is 12.3 Å². The Kier molecular flexibility index (Phi) is 7.50. The van der Waals surface area contributed by atoms with E-state index in [0.29, 0.717) is 5.82 Å². The van der Waals surface area contributed by atoms with Gasteiger partial charge in [0.25, 0.3) is 0 Å². The van der Waals surface area contributed by atoms with E-state index in [1.54, 1.807) is 0 Å². The smallest absolute Gasteiger partial charge is 0.0757 e. The predicted octanol–water partition coefficient (Wildman–Crippen LogP) is 8.69. The van der Waals surface area contributed by atoms with Gasteiger partial charge in [0.2, 0.25) is 0 Å². The molecule has 0 N–H and O–H groups in total. The second kappa shape index (κ2) is 11.5. The van der Waals surface area contributed by atoms with Gasteiger partial charge in [-0.05, 0) is 28.9 Å². The fourth-order valence-electron chi connectivity index (χ4n) is 4.93. The van der Waals surface area contributed by atoms with Gasteiger partial charge < -0.3 is 4.57 Å².